The third kappa shape index (κ3) is 2.88. The molecule has 3 nitrogen and oxygen atoms in total. The molecule has 0 saturated carbocycles. The second kappa shape index (κ2) is 5.48. The first-order valence-electron chi connectivity index (χ1n) is 6.45. The van der Waals surface area contributed by atoms with Gasteiger partial charge >= 0.3 is 12.2 Å². The predicted molar refractivity (Wildman–Crippen MR) is 73.9 cm³/mol. The van der Waals surface area contributed by atoms with Crippen LogP contribution in [-0.2, 0) is 6.18 Å². The number of urea groups is 1. The van der Waals surface area contributed by atoms with E-state index in [1.165, 1.54) is 12.1 Å². The lowest BCUT2D eigenvalue weighted by atomic mass is 10.0. The number of hydrogen-bond donors (Lipinski definition) is 2. The second-order valence-electron chi connectivity index (χ2n) is 4.93. The molecule has 1 aliphatic rings. The van der Waals surface area contributed by atoms with Gasteiger partial charge in [0, 0.05) is 17.7 Å². The fraction of sp³-hybridized carbons (Fsp3) is 0.214. The summed E-state index contributed by atoms with van der Waals surface area (Å²) < 4.78 is 66.2. The van der Waals surface area contributed by atoms with Gasteiger partial charge in [-0.2, -0.15) is 13.2 Å². The van der Waals surface area contributed by atoms with E-state index in [1.807, 2.05) is 0 Å². The number of alkyl halides is 3. The summed E-state index contributed by atoms with van der Waals surface area (Å²) in [5.41, 5.74) is -0.356. The maximum absolute atomic E-state index is 14.2. The Bertz CT molecular complexity index is 771. The minimum Gasteiger partial charge on any atom is -0.336 e. The van der Waals surface area contributed by atoms with Crippen molar-refractivity contribution in [1.29, 1.82) is 0 Å². The van der Waals surface area contributed by atoms with Gasteiger partial charge in [-0.3, -0.25) is 0 Å². The molecule has 1 atom stereocenters. The van der Waals surface area contributed by atoms with E-state index in [1.54, 1.807) is 0 Å². The van der Waals surface area contributed by atoms with Crippen LogP contribution in [0.1, 0.15) is 16.5 Å². The molecule has 0 radical (unpaired) electrons. The van der Waals surface area contributed by atoms with Crippen molar-refractivity contribution in [1.82, 2.24) is 10.6 Å². The molecule has 9 heteroatoms. The van der Waals surface area contributed by atoms with E-state index in [-0.39, 0.29) is 23.2 Å². The van der Waals surface area contributed by atoms with Gasteiger partial charge in [0.05, 0.1) is 6.04 Å². The highest BCUT2D eigenvalue weighted by Gasteiger charge is 2.33. The van der Waals surface area contributed by atoms with Crippen LogP contribution < -0.4 is 10.6 Å². The lowest BCUT2D eigenvalue weighted by molar-refractivity contribution is -0.134. The van der Waals surface area contributed by atoms with Gasteiger partial charge in [-0.15, -0.1) is 11.3 Å². The van der Waals surface area contributed by atoms with Gasteiger partial charge in [0.1, 0.15) is 4.88 Å². The van der Waals surface area contributed by atoms with Crippen molar-refractivity contribution >= 4 is 17.4 Å². The average Bonchev–Trinajstić information content (AvgIpc) is 3.10. The topological polar surface area (TPSA) is 41.1 Å². The summed E-state index contributed by atoms with van der Waals surface area (Å²) in [7, 11) is 0. The van der Waals surface area contributed by atoms with Gasteiger partial charge < -0.3 is 10.6 Å². The molecule has 0 spiro atoms. The number of carbonyl (C=O) groups is 1. The van der Waals surface area contributed by atoms with Gasteiger partial charge in [0.25, 0.3) is 0 Å². The van der Waals surface area contributed by atoms with Gasteiger partial charge in [-0.1, -0.05) is 12.1 Å². The minimum atomic E-state index is -4.53. The quantitative estimate of drug-likeness (QED) is 0.790. The molecule has 3 rings (SSSR count). The Morgan fingerprint density at radius 3 is 2.48 bits per heavy atom. The maximum Gasteiger partial charge on any atom is 0.425 e. The van der Waals surface area contributed by atoms with Crippen LogP contribution in [-0.4, -0.2) is 12.6 Å². The molecule has 1 aromatic heterocycles. The molecule has 0 bridgehead atoms. The van der Waals surface area contributed by atoms with E-state index >= 15 is 0 Å². The minimum absolute atomic E-state index is 0.0427. The number of carbonyl (C=O) groups excluding carboxylic acids is 1. The SMILES string of the molecule is O=C1NCC(c2ccc(-c3csc(C(F)(F)F)c3)c(F)c2F)N1. The van der Waals surface area contributed by atoms with Crippen molar-refractivity contribution in [3.05, 3.63) is 45.7 Å². The van der Waals surface area contributed by atoms with Gasteiger partial charge in [-0.25, -0.2) is 13.6 Å². The Morgan fingerprint density at radius 2 is 1.91 bits per heavy atom. The molecule has 1 unspecified atom stereocenters. The first kappa shape index (κ1) is 15.7. The third-order valence-corrected chi connectivity index (χ3v) is 4.42. The molecular weight excluding hydrogens is 339 g/mol. The third-order valence-electron chi connectivity index (χ3n) is 3.45. The van der Waals surface area contributed by atoms with Gasteiger partial charge in [-0.05, 0) is 17.0 Å². The van der Waals surface area contributed by atoms with E-state index in [0.717, 1.165) is 11.4 Å². The number of benzene rings is 1. The van der Waals surface area contributed by atoms with Crippen molar-refractivity contribution in [2.24, 2.45) is 0 Å². The molecule has 2 heterocycles. The van der Waals surface area contributed by atoms with Crippen LogP contribution in [0.4, 0.5) is 26.7 Å². The molecule has 23 heavy (non-hydrogen) atoms. The zero-order valence-electron chi connectivity index (χ0n) is 11.3. The largest absolute Gasteiger partial charge is 0.425 e. The summed E-state index contributed by atoms with van der Waals surface area (Å²) in [6.07, 6.45) is -4.53. The van der Waals surface area contributed by atoms with Crippen LogP contribution in [0.2, 0.25) is 0 Å². The first-order valence-corrected chi connectivity index (χ1v) is 7.33. The molecule has 0 aliphatic carbocycles. The molecule has 2 aromatic rings. The Labute approximate surface area is 131 Å². The summed E-state index contributed by atoms with van der Waals surface area (Å²) in [4.78, 5) is 10.2. The summed E-state index contributed by atoms with van der Waals surface area (Å²) in [5.74, 6) is -2.42. The van der Waals surface area contributed by atoms with E-state index in [0.29, 0.717) is 11.3 Å². The Kier molecular flexibility index (Phi) is 3.75. The van der Waals surface area contributed by atoms with Crippen LogP contribution in [0.5, 0.6) is 0 Å². The highest BCUT2D eigenvalue weighted by atomic mass is 32.1. The molecule has 1 saturated heterocycles. The van der Waals surface area contributed by atoms with Crippen LogP contribution in [0.15, 0.2) is 23.6 Å². The molecule has 1 fully saturated rings. The fourth-order valence-corrected chi connectivity index (χ4v) is 3.10. The lowest BCUT2D eigenvalue weighted by Crippen LogP contribution is -2.22. The monoisotopic (exact) mass is 348 g/mol. The fourth-order valence-electron chi connectivity index (χ4n) is 2.33. The molecule has 122 valence electrons. The zero-order valence-corrected chi connectivity index (χ0v) is 12.1. The number of nitrogens with one attached hydrogen (secondary N) is 2. The van der Waals surface area contributed by atoms with Crippen molar-refractivity contribution < 1.29 is 26.7 Å². The highest BCUT2D eigenvalue weighted by molar-refractivity contribution is 7.10. The van der Waals surface area contributed by atoms with Crippen molar-refractivity contribution in [2.45, 2.75) is 12.2 Å². The highest BCUT2D eigenvalue weighted by Crippen LogP contribution is 2.38. The number of rotatable bonds is 2. The van der Waals surface area contributed by atoms with E-state index < -0.39 is 34.8 Å². The lowest BCUT2D eigenvalue weighted by Gasteiger charge is -2.12. The van der Waals surface area contributed by atoms with E-state index in [9.17, 15) is 26.7 Å². The van der Waals surface area contributed by atoms with Gasteiger partial charge in [0.2, 0.25) is 0 Å². The zero-order chi connectivity index (χ0) is 16.8. The van der Waals surface area contributed by atoms with Crippen LogP contribution >= 0.6 is 11.3 Å². The molecule has 2 N–H and O–H groups in total. The summed E-state index contributed by atoms with van der Waals surface area (Å²) in [6, 6.07) is 2.03. The normalized spacial score (nSPS) is 18.0. The molecule has 1 aromatic carbocycles. The average molecular weight is 348 g/mol. The van der Waals surface area contributed by atoms with Crippen LogP contribution in [0.3, 0.4) is 0 Å². The Balaban J connectivity index is 1.97. The first-order chi connectivity index (χ1) is 10.8. The number of hydrogen-bond acceptors (Lipinski definition) is 2. The standard InChI is InChI=1S/C14H9F5N2OS/c15-11-7(6-3-10(23-5-6)14(17,18)19)1-2-8(12(11)16)9-4-20-13(22)21-9/h1-3,5,9H,4H2,(H2,20,21,22). The van der Waals surface area contributed by atoms with Crippen molar-refractivity contribution in [3.8, 4) is 11.1 Å². The van der Waals surface area contributed by atoms with E-state index in [4.69, 9.17) is 0 Å². The maximum atomic E-state index is 14.2. The van der Waals surface area contributed by atoms with Crippen molar-refractivity contribution in [3.63, 3.8) is 0 Å². The van der Waals surface area contributed by atoms with Crippen molar-refractivity contribution in [2.75, 3.05) is 6.54 Å². The molecule has 2 amide bonds. The number of amides is 2. The Morgan fingerprint density at radius 1 is 1.17 bits per heavy atom. The summed E-state index contributed by atoms with van der Waals surface area (Å²) in [6.45, 7) is 0.102. The number of thiophene rings is 1. The van der Waals surface area contributed by atoms with Crippen LogP contribution in [0.25, 0.3) is 11.1 Å². The smallest absolute Gasteiger partial charge is 0.336 e. The van der Waals surface area contributed by atoms with Gasteiger partial charge in [0.15, 0.2) is 11.6 Å². The molecular formula is C14H9F5N2OS. The molecule has 1 aliphatic heterocycles. The summed E-state index contributed by atoms with van der Waals surface area (Å²) in [5, 5.41) is 5.96. The predicted octanol–water partition coefficient (Wildman–Crippen LogP) is 4.07. The number of halogens is 5. The second-order valence-corrected chi connectivity index (χ2v) is 5.85. The van der Waals surface area contributed by atoms with E-state index in [2.05, 4.69) is 10.6 Å². The summed E-state index contributed by atoms with van der Waals surface area (Å²) >= 11 is 0.415. The van der Waals surface area contributed by atoms with Crippen LogP contribution in [0, 0.1) is 11.6 Å². The Hall–Kier alpha value is -2.16.